The second-order valence-corrected chi connectivity index (χ2v) is 2.52. The van der Waals surface area contributed by atoms with Crippen LogP contribution >= 0.6 is 0 Å². The van der Waals surface area contributed by atoms with Crippen LogP contribution < -0.4 is 5.73 Å². The molecule has 66 valence electrons. The molecule has 0 aromatic carbocycles. The SMILES string of the molecule is Cn1ccnc1C(CN)C(=O)O. The molecule has 12 heavy (non-hydrogen) atoms. The molecule has 1 atom stereocenters. The molecule has 0 radical (unpaired) electrons. The Hall–Kier alpha value is -1.36. The van der Waals surface area contributed by atoms with Gasteiger partial charge in [0.2, 0.25) is 0 Å². The summed E-state index contributed by atoms with van der Waals surface area (Å²) in [6.07, 6.45) is 3.25. The van der Waals surface area contributed by atoms with Gasteiger partial charge in [0, 0.05) is 26.0 Å². The number of aliphatic carboxylic acids is 1. The normalized spacial score (nSPS) is 12.8. The number of imidazole rings is 1. The number of nitrogens with two attached hydrogens (primary N) is 1. The predicted octanol–water partition coefficient (Wildman–Crippen LogP) is -0.453. The van der Waals surface area contributed by atoms with Gasteiger partial charge < -0.3 is 15.4 Å². The summed E-state index contributed by atoms with van der Waals surface area (Å²) in [6, 6.07) is 0. The topological polar surface area (TPSA) is 81.1 Å². The van der Waals surface area contributed by atoms with E-state index < -0.39 is 11.9 Å². The van der Waals surface area contributed by atoms with Crippen LogP contribution in [0.2, 0.25) is 0 Å². The Balaban J connectivity index is 2.94. The van der Waals surface area contributed by atoms with Gasteiger partial charge in [0.25, 0.3) is 0 Å². The van der Waals surface area contributed by atoms with Crippen LogP contribution in [0.3, 0.4) is 0 Å². The molecule has 1 unspecified atom stereocenters. The Labute approximate surface area is 69.8 Å². The molecule has 1 heterocycles. The number of nitrogens with zero attached hydrogens (tertiary/aromatic N) is 2. The molecular formula is C7H11N3O2. The summed E-state index contributed by atoms with van der Waals surface area (Å²) >= 11 is 0. The number of aromatic nitrogens is 2. The minimum Gasteiger partial charge on any atom is -0.481 e. The number of carboxylic acid groups (broad SMARTS) is 1. The van der Waals surface area contributed by atoms with Crippen molar-refractivity contribution < 1.29 is 9.90 Å². The lowest BCUT2D eigenvalue weighted by Gasteiger charge is -2.08. The van der Waals surface area contributed by atoms with Gasteiger partial charge >= 0.3 is 5.97 Å². The molecule has 1 rings (SSSR count). The molecule has 1 aromatic heterocycles. The lowest BCUT2D eigenvalue weighted by molar-refractivity contribution is -0.138. The van der Waals surface area contributed by atoms with Gasteiger partial charge in [0.1, 0.15) is 11.7 Å². The minimum atomic E-state index is -0.938. The van der Waals surface area contributed by atoms with E-state index in [2.05, 4.69) is 4.98 Å². The monoisotopic (exact) mass is 169 g/mol. The highest BCUT2D eigenvalue weighted by atomic mass is 16.4. The number of carboxylic acids is 1. The van der Waals surface area contributed by atoms with Gasteiger partial charge in [-0.05, 0) is 0 Å². The maximum atomic E-state index is 10.6. The lowest BCUT2D eigenvalue weighted by atomic mass is 10.1. The molecule has 0 saturated heterocycles. The maximum Gasteiger partial charge on any atom is 0.315 e. The van der Waals surface area contributed by atoms with Crippen LogP contribution in [0.1, 0.15) is 11.7 Å². The van der Waals surface area contributed by atoms with Crippen LogP contribution in [-0.2, 0) is 11.8 Å². The summed E-state index contributed by atoms with van der Waals surface area (Å²) in [5.41, 5.74) is 5.30. The van der Waals surface area contributed by atoms with Crippen molar-refractivity contribution in [2.24, 2.45) is 12.8 Å². The highest BCUT2D eigenvalue weighted by Gasteiger charge is 2.21. The van der Waals surface area contributed by atoms with Gasteiger partial charge in [-0.25, -0.2) is 4.98 Å². The van der Waals surface area contributed by atoms with Crippen LogP contribution in [0, 0.1) is 0 Å². The third kappa shape index (κ3) is 1.45. The Morgan fingerprint density at radius 2 is 2.58 bits per heavy atom. The number of aryl methyl sites for hydroxylation is 1. The Morgan fingerprint density at radius 1 is 1.92 bits per heavy atom. The molecule has 5 heteroatoms. The first-order chi connectivity index (χ1) is 5.66. The molecule has 3 N–H and O–H groups in total. The average Bonchev–Trinajstić information content (AvgIpc) is 2.38. The first-order valence-corrected chi connectivity index (χ1v) is 3.57. The predicted molar refractivity (Wildman–Crippen MR) is 42.6 cm³/mol. The molecule has 0 saturated carbocycles. The number of hydrogen-bond donors (Lipinski definition) is 2. The van der Waals surface area contributed by atoms with E-state index in [-0.39, 0.29) is 6.54 Å². The molecule has 0 fully saturated rings. The summed E-state index contributed by atoms with van der Waals surface area (Å²) in [5.74, 6) is -1.15. The van der Waals surface area contributed by atoms with Gasteiger partial charge in [-0.2, -0.15) is 0 Å². The van der Waals surface area contributed by atoms with Crippen LogP contribution in [-0.4, -0.2) is 27.2 Å². The van der Waals surface area contributed by atoms with E-state index in [1.807, 2.05) is 0 Å². The molecule has 5 nitrogen and oxygen atoms in total. The fourth-order valence-corrected chi connectivity index (χ4v) is 1.03. The standard InChI is InChI=1S/C7H11N3O2/c1-10-3-2-9-6(10)5(4-8)7(11)12/h2-3,5H,4,8H2,1H3,(H,11,12). The zero-order chi connectivity index (χ0) is 9.14. The summed E-state index contributed by atoms with van der Waals surface area (Å²) in [5, 5.41) is 8.74. The summed E-state index contributed by atoms with van der Waals surface area (Å²) in [6.45, 7) is 0.0696. The zero-order valence-corrected chi connectivity index (χ0v) is 6.77. The fraction of sp³-hybridized carbons (Fsp3) is 0.429. The summed E-state index contributed by atoms with van der Waals surface area (Å²) in [4.78, 5) is 14.6. The lowest BCUT2D eigenvalue weighted by Crippen LogP contribution is -2.23. The van der Waals surface area contributed by atoms with Crippen molar-refractivity contribution in [1.82, 2.24) is 9.55 Å². The zero-order valence-electron chi connectivity index (χ0n) is 6.77. The van der Waals surface area contributed by atoms with E-state index in [1.165, 1.54) is 0 Å². The number of carbonyl (C=O) groups is 1. The van der Waals surface area contributed by atoms with E-state index in [1.54, 1.807) is 24.0 Å². The van der Waals surface area contributed by atoms with Gasteiger partial charge in [-0.15, -0.1) is 0 Å². The largest absolute Gasteiger partial charge is 0.481 e. The van der Waals surface area contributed by atoms with E-state index in [9.17, 15) is 4.79 Å². The first kappa shape index (κ1) is 8.73. The molecule has 0 aliphatic heterocycles. The molecule has 1 aromatic rings. The fourth-order valence-electron chi connectivity index (χ4n) is 1.03. The van der Waals surface area contributed by atoms with Crippen molar-refractivity contribution in [3.05, 3.63) is 18.2 Å². The molecule has 0 spiro atoms. The van der Waals surface area contributed by atoms with Gasteiger partial charge in [0.05, 0.1) is 0 Å². The second kappa shape index (κ2) is 3.36. The van der Waals surface area contributed by atoms with Crippen molar-refractivity contribution >= 4 is 5.97 Å². The van der Waals surface area contributed by atoms with Crippen molar-refractivity contribution in [3.63, 3.8) is 0 Å². The molecule has 0 aliphatic carbocycles. The van der Waals surface area contributed by atoms with E-state index in [4.69, 9.17) is 10.8 Å². The highest BCUT2D eigenvalue weighted by molar-refractivity contribution is 5.75. The third-order valence-electron chi connectivity index (χ3n) is 1.70. The highest BCUT2D eigenvalue weighted by Crippen LogP contribution is 2.10. The van der Waals surface area contributed by atoms with Crippen LogP contribution in [0.5, 0.6) is 0 Å². The maximum absolute atomic E-state index is 10.6. The van der Waals surface area contributed by atoms with E-state index in [0.29, 0.717) is 5.82 Å². The molecular weight excluding hydrogens is 158 g/mol. The Kier molecular flexibility index (Phi) is 2.44. The summed E-state index contributed by atoms with van der Waals surface area (Å²) in [7, 11) is 1.74. The van der Waals surface area contributed by atoms with Crippen LogP contribution in [0.15, 0.2) is 12.4 Å². The Morgan fingerprint density at radius 3 is 2.92 bits per heavy atom. The van der Waals surface area contributed by atoms with Crippen LogP contribution in [0.25, 0.3) is 0 Å². The second-order valence-electron chi connectivity index (χ2n) is 2.52. The number of hydrogen-bond acceptors (Lipinski definition) is 3. The molecule has 0 bridgehead atoms. The van der Waals surface area contributed by atoms with Crippen molar-refractivity contribution in [2.45, 2.75) is 5.92 Å². The van der Waals surface area contributed by atoms with Gasteiger partial charge in [-0.3, -0.25) is 4.79 Å². The third-order valence-corrected chi connectivity index (χ3v) is 1.70. The number of rotatable bonds is 3. The Bertz CT molecular complexity index is 282. The minimum absolute atomic E-state index is 0.0696. The average molecular weight is 169 g/mol. The van der Waals surface area contributed by atoms with Crippen molar-refractivity contribution in [2.75, 3.05) is 6.54 Å². The van der Waals surface area contributed by atoms with Crippen LogP contribution in [0.4, 0.5) is 0 Å². The van der Waals surface area contributed by atoms with E-state index >= 15 is 0 Å². The molecule has 0 aliphatic rings. The van der Waals surface area contributed by atoms with Crippen molar-refractivity contribution in [1.29, 1.82) is 0 Å². The quantitative estimate of drug-likeness (QED) is 0.642. The summed E-state index contributed by atoms with van der Waals surface area (Å²) < 4.78 is 1.66. The van der Waals surface area contributed by atoms with Gasteiger partial charge in [-0.1, -0.05) is 0 Å². The smallest absolute Gasteiger partial charge is 0.315 e. The van der Waals surface area contributed by atoms with Gasteiger partial charge in [0.15, 0.2) is 0 Å². The first-order valence-electron chi connectivity index (χ1n) is 3.57. The van der Waals surface area contributed by atoms with E-state index in [0.717, 1.165) is 0 Å². The van der Waals surface area contributed by atoms with Crippen molar-refractivity contribution in [3.8, 4) is 0 Å². The molecule has 0 amide bonds.